The zero-order valence-corrected chi connectivity index (χ0v) is 14.9. The molecule has 2 aromatic heterocycles. The van der Waals surface area contributed by atoms with Crippen LogP contribution in [0.15, 0.2) is 49.1 Å². The molecule has 8 heteroatoms. The maximum Gasteiger partial charge on any atom is 0.244 e. The molecule has 0 saturated carbocycles. The van der Waals surface area contributed by atoms with E-state index in [4.69, 9.17) is 4.74 Å². The van der Waals surface area contributed by atoms with Crippen molar-refractivity contribution in [2.75, 3.05) is 13.1 Å². The van der Waals surface area contributed by atoms with Gasteiger partial charge < -0.3 is 14.2 Å². The van der Waals surface area contributed by atoms with Crippen molar-refractivity contribution < 1.29 is 9.53 Å². The van der Waals surface area contributed by atoms with Crippen molar-refractivity contribution in [3.05, 3.63) is 54.9 Å². The molecular formula is C19H20N6O2. The van der Waals surface area contributed by atoms with Crippen LogP contribution < -0.4 is 4.74 Å². The highest BCUT2D eigenvalue weighted by molar-refractivity contribution is 5.76. The topological polar surface area (TPSA) is 78.1 Å². The molecule has 0 radical (unpaired) electrons. The van der Waals surface area contributed by atoms with Crippen LogP contribution in [0.1, 0.15) is 18.7 Å². The van der Waals surface area contributed by atoms with Crippen LogP contribution in [-0.4, -0.2) is 54.0 Å². The molecule has 0 atom stereocenters. The molecule has 1 amide bonds. The molecule has 0 aliphatic carbocycles. The van der Waals surface area contributed by atoms with Gasteiger partial charge in [-0.25, -0.2) is 9.67 Å². The number of likely N-dealkylation sites (tertiary alicyclic amines) is 1. The Bertz CT molecular complexity index is 956. The molecule has 138 valence electrons. The van der Waals surface area contributed by atoms with Crippen LogP contribution in [0.3, 0.4) is 0 Å². The first-order valence-corrected chi connectivity index (χ1v) is 9.15. The third-order valence-corrected chi connectivity index (χ3v) is 5.45. The Hall–Kier alpha value is -3.16. The summed E-state index contributed by atoms with van der Waals surface area (Å²) in [5, 5.41) is 7.62. The second-order valence-electron chi connectivity index (χ2n) is 7.12. The van der Waals surface area contributed by atoms with Gasteiger partial charge in [-0.3, -0.25) is 4.79 Å². The number of imidazole rings is 1. The van der Waals surface area contributed by atoms with E-state index in [1.54, 1.807) is 17.1 Å². The number of rotatable bonds is 2. The van der Waals surface area contributed by atoms with E-state index in [0.29, 0.717) is 13.1 Å². The fourth-order valence-electron chi connectivity index (χ4n) is 3.98. The number of ether oxygens (including phenoxy) is 1. The molecule has 0 N–H and O–H groups in total. The second kappa shape index (κ2) is 6.22. The highest BCUT2D eigenvalue weighted by Gasteiger charge is 2.41. The minimum atomic E-state index is -0.334. The van der Waals surface area contributed by atoms with E-state index in [1.165, 1.54) is 0 Å². The fourth-order valence-corrected chi connectivity index (χ4v) is 3.98. The summed E-state index contributed by atoms with van der Waals surface area (Å²) in [4.78, 5) is 19.0. The second-order valence-corrected chi connectivity index (χ2v) is 7.12. The van der Waals surface area contributed by atoms with Crippen molar-refractivity contribution in [3.63, 3.8) is 0 Å². The third kappa shape index (κ3) is 2.87. The maximum absolute atomic E-state index is 12.5. The Morgan fingerprint density at radius 2 is 2.00 bits per heavy atom. The van der Waals surface area contributed by atoms with Gasteiger partial charge in [0.1, 0.15) is 23.7 Å². The Balaban J connectivity index is 1.36. The molecule has 1 spiro atoms. The lowest BCUT2D eigenvalue weighted by Crippen LogP contribution is -2.51. The van der Waals surface area contributed by atoms with Gasteiger partial charge in [0.15, 0.2) is 0 Å². The van der Waals surface area contributed by atoms with E-state index in [2.05, 4.69) is 25.9 Å². The molecule has 1 saturated heterocycles. The Morgan fingerprint density at radius 1 is 1.15 bits per heavy atom. The number of carbonyl (C=O) groups is 1. The van der Waals surface area contributed by atoms with Gasteiger partial charge in [0.25, 0.3) is 0 Å². The average molecular weight is 364 g/mol. The molecule has 5 rings (SSSR count). The molecule has 2 aliphatic heterocycles. The number of amides is 1. The molecule has 27 heavy (non-hydrogen) atoms. The smallest absolute Gasteiger partial charge is 0.244 e. The lowest BCUT2D eigenvalue weighted by atomic mass is 9.87. The number of benzene rings is 1. The van der Waals surface area contributed by atoms with Crippen molar-refractivity contribution in [1.29, 1.82) is 0 Å². The lowest BCUT2D eigenvalue weighted by molar-refractivity contribution is -0.135. The Labute approximate surface area is 156 Å². The Kier molecular flexibility index (Phi) is 3.70. The first-order chi connectivity index (χ1) is 13.2. The van der Waals surface area contributed by atoms with Crippen LogP contribution in [0, 0.1) is 0 Å². The molecule has 3 aromatic rings. The summed E-state index contributed by atoms with van der Waals surface area (Å²) in [7, 11) is 0. The van der Waals surface area contributed by atoms with Gasteiger partial charge >= 0.3 is 0 Å². The third-order valence-electron chi connectivity index (χ3n) is 5.45. The Morgan fingerprint density at radius 3 is 2.81 bits per heavy atom. The monoisotopic (exact) mass is 364 g/mol. The van der Waals surface area contributed by atoms with Crippen molar-refractivity contribution >= 4 is 5.91 Å². The van der Waals surface area contributed by atoms with Crippen molar-refractivity contribution in [3.8, 4) is 11.4 Å². The summed E-state index contributed by atoms with van der Waals surface area (Å²) >= 11 is 0. The summed E-state index contributed by atoms with van der Waals surface area (Å²) in [6.45, 7) is 1.55. The first kappa shape index (κ1) is 16.0. The number of carbonyl (C=O) groups excluding carboxylic acids is 1. The number of aromatic nitrogens is 5. The number of para-hydroxylation sites is 2. The molecule has 8 nitrogen and oxygen atoms in total. The largest absolute Gasteiger partial charge is 0.484 e. The minimum Gasteiger partial charge on any atom is -0.484 e. The molecule has 1 fully saturated rings. The number of fused-ring (bicyclic) bond motifs is 3. The molecular weight excluding hydrogens is 344 g/mol. The van der Waals surface area contributed by atoms with Crippen LogP contribution in [-0.2, 0) is 17.8 Å². The summed E-state index contributed by atoms with van der Waals surface area (Å²) in [5.41, 5.74) is 0.686. The van der Waals surface area contributed by atoms with Gasteiger partial charge in [0.2, 0.25) is 5.91 Å². The van der Waals surface area contributed by atoms with Crippen molar-refractivity contribution in [2.45, 2.75) is 31.4 Å². The number of hydrogen-bond acceptors (Lipinski definition) is 5. The van der Waals surface area contributed by atoms with E-state index in [9.17, 15) is 4.79 Å². The van der Waals surface area contributed by atoms with Crippen LogP contribution >= 0.6 is 0 Å². The summed E-state index contributed by atoms with van der Waals surface area (Å²) in [5.74, 6) is 1.94. The zero-order chi connectivity index (χ0) is 18.3. The normalized spacial score (nSPS) is 17.7. The van der Waals surface area contributed by atoms with E-state index in [0.717, 1.165) is 36.5 Å². The predicted molar refractivity (Wildman–Crippen MR) is 96.5 cm³/mol. The van der Waals surface area contributed by atoms with E-state index in [-0.39, 0.29) is 18.1 Å². The molecule has 0 unspecified atom stereocenters. The standard InChI is InChI=1S/C19H20N6O2/c26-18(14-24-11-8-21-22-24)23-9-5-19(6-10-23)13-17-20-7-12-25(17)15-3-1-2-4-16(15)27-19/h1-4,7-8,11-12H,5-6,9-10,13-14H2. The van der Waals surface area contributed by atoms with Crippen LogP contribution in [0.5, 0.6) is 5.75 Å². The molecule has 1 aromatic carbocycles. The predicted octanol–water partition coefficient (Wildman–Crippen LogP) is 1.46. The fraction of sp³-hybridized carbons (Fsp3) is 0.368. The average Bonchev–Trinajstić information content (AvgIpc) is 3.33. The maximum atomic E-state index is 12.5. The van der Waals surface area contributed by atoms with Gasteiger partial charge in [-0.15, -0.1) is 5.10 Å². The molecule has 4 heterocycles. The van der Waals surface area contributed by atoms with Gasteiger partial charge in [-0.1, -0.05) is 17.3 Å². The van der Waals surface area contributed by atoms with Crippen molar-refractivity contribution in [2.24, 2.45) is 0 Å². The van der Waals surface area contributed by atoms with Gasteiger partial charge in [0, 0.05) is 50.9 Å². The van der Waals surface area contributed by atoms with Gasteiger partial charge in [-0.2, -0.15) is 0 Å². The lowest BCUT2D eigenvalue weighted by Gasteiger charge is -2.41. The van der Waals surface area contributed by atoms with Gasteiger partial charge in [-0.05, 0) is 12.1 Å². The van der Waals surface area contributed by atoms with E-state index in [1.807, 2.05) is 35.5 Å². The summed E-state index contributed by atoms with van der Waals surface area (Å²) < 4.78 is 10.2. The van der Waals surface area contributed by atoms with E-state index >= 15 is 0 Å². The highest BCUT2D eigenvalue weighted by atomic mass is 16.5. The SMILES string of the molecule is O=C(Cn1ccnn1)N1CCC2(CC1)Cc1nccn1-c1ccccc1O2. The summed E-state index contributed by atoms with van der Waals surface area (Å²) in [6.07, 6.45) is 9.38. The quantitative estimate of drug-likeness (QED) is 0.688. The summed E-state index contributed by atoms with van der Waals surface area (Å²) in [6, 6.07) is 8.06. The number of hydrogen-bond donors (Lipinski definition) is 0. The molecule has 0 bridgehead atoms. The zero-order valence-electron chi connectivity index (χ0n) is 14.9. The first-order valence-electron chi connectivity index (χ1n) is 9.15. The van der Waals surface area contributed by atoms with Crippen LogP contribution in [0.4, 0.5) is 0 Å². The van der Waals surface area contributed by atoms with Crippen LogP contribution in [0.2, 0.25) is 0 Å². The highest BCUT2D eigenvalue weighted by Crippen LogP contribution is 2.38. The number of nitrogens with zero attached hydrogens (tertiary/aromatic N) is 6. The minimum absolute atomic E-state index is 0.0610. The van der Waals surface area contributed by atoms with Crippen molar-refractivity contribution in [1.82, 2.24) is 29.4 Å². The van der Waals surface area contributed by atoms with Gasteiger partial charge in [0.05, 0.1) is 11.9 Å². The number of piperidine rings is 1. The van der Waals surface area contributed by atoms with E-state index < -0.39 is 0 Å². The van der Waals surface area contributed by atoms with Crippen LogP contribution in [0.25, 0.3) is 5.69 Å². The molecule has 2 aliphatic rings.